The summed E-state index contributed by atoms with van der Waals surface area (Å²) in [5.41, 5.74) is 1.38. The van der Waals surface area contributed by atoms with E-state index in [-0.39, 0.29) is 11.6 Å². The second kappa shape index (κ2) is 7.01. The minimum Gasteiger partial charge on any atom is -0.369 e. The molecule has 6 nitrogen and oxygen atoms in total. The molecule has 6 heteroatoms. The number of hydrogen-bond donors (Lipinski definition) is 2. The van der Waals surface area contributed by atoms with E-state index in [1.807, 2.05) is 6.07 Å². The van der Waals surface area contributed by atoms with Crippen molar-refractivity contribution in [1.82, 2.24) is 10.2 Å². The van der Waals surface area contributed by atoms with Gasteiger partial charge in [-0.05, 0) is 42.8 Å². The van der Waals surface area contributed by atoms with Crippen molar-refractivity contribution in [1.29, 1.82) is 5.26 Å². The fourth-order valence-electron chi connectivity index (χ4n) is 1.62. The lowest BCUT2D eigenvalue weighted by Gasteiger charge is -2.05. The topological polar surface area (TPSA) is 90.7 Å². The molecular formula is C15H15N5O. The molecule has 2 aromatic rings. The third-order valence-corrected chi connectivity index (χ3v) is 2.73. The SMILES string of the molecule is CCCNc1ccc(C(=O)Nc2ccc(C#N)cc2)nn1. The molecule has 1 amide bonds. The average molecular weight is 281 g/mol. The summed E-state index contributed by atoms with van der Waals surface area (Å²) in [5, 5.41) is 22.3. The first kappa shape index (κ1) is 14.5. The van der Waals surface area contributed by atoms with Crippen LogP contribution in [0.5, 0.6) is 0 Å². The van der Waals surface area contributed by atoms with Gasteiger partial charge in [-0.15, -0.1) is 10.2 Å². The zero-order chi connectivity index (χ0) is 15.1. The maximum absolute atomic E-state index is 12.0. The lowest BCUT2D eigenvalue weighted by Crippen LogP contribution is -2.15. The predicted octanol–water partition coefficient (Wildman–Crippen LogP) is 2.42. The smallest absolute Gasteiger partial charge is 0.276 e. The summed E-state index contributed by atoms with van der Waals surface area (Å²) in [6, 6.07) is 12.0. The highest BCUT2D eigenvalue weighted by Crippen LogP contribution is 2.10. The Morgan fingerprint density at radius 1 is 1.19 bits per heavy atom. The lowest BCUT2D eigenvalue weighted by atomic mass is 10.2. The maximum atomic E-state index is 12.0. The second-order valence-corrected chi connectivity index (χ2v) is 4.37. The van der Waals surface area contributed by atoms with Gasteiger partial charge in [-0.3, -0.25) is 4.79 Å². The van der Waals surface area contributed by atoms with E-state index >= 15 is 0 Å². The summed E-state index contributed by atoms with van der Waals surface area (Å²) < 4.78 is 0. The van der Waals surface area contributed by atoms with Gasteiger partial charge < -0.3 is 10.6 Å². The molecule has 0 aliphatic heterocycles. The van der Waals surface area contributed by atoms with E-state index in [0.717, 1.165) is 13.0 Å². The highest BCUT2D eigenvalue weighted by molar-refractivity contribution is 6.02. The van der Waals surface area contributed by atoms with Crippen LogP contribution in [0, 0.1) is 11.3 Å². The Balaban J connectivity index is 2.00. The number of benzene rings is 1. The first-order valence-corrected chi connectivity index (χ1v) is 6.62. The van der Waals surface area contributed by atoms with E-state index in [0.29, 0.717) is 17.1 Å². The van der Waals surface area contributed by atoms with Crippen molar-refractivity contribution in [3.05, 3.63) is 47.7 Å². The van der Waals surface area contributed by atoms with Gasteiger partial charge in [0.2, 0.25) is 0 Å². The van der Waals surface area contributed by atoms with Gasteiger partial charge in [-0.1, -0.05) is 6.92 Å². The number of carbonyl (C=O) groups excluding carboxylic acids is 1. The molecule has 0 aliphatic carbocycles. The number of aromatic nitrogens is 2. The summed E-state index contributed by atoms with van der Waals surface area (Å²) >= 11 is 0. The highest BCUT2D eigenvalue weighted by Gasteiger charge is 2.08. The van der Waals surface area contributed by atoms with Crippen LogP contribution in [0.3, 0.4) is 0 Å². The van der Waals surface area contributed by atoms with Crippen molar-refractivity contribution in [2.45, 2.75) is 13.3 Å². The number of nitriles is 1. The summed E-state index contributed by atoms with van der Waals surface area (Å²) in [7, 11) is 0. The number of anilines is 2. The molecule has 0 fully saturated rings. The molecule has 1 aromatic carbocycles. The van der Waals surface area contributed by atoms with E-state index in [4.69, 9.17) is 5.26 Å². The fourth-order valence-corrected chi connectivity index (χ4v) is 1.62. The molecule has 106 valence electrons. The van der Waals surface area contributed by atoms with Gasteiger partial charge in [0.05, 0.1) is 11.6 Å². The number of carbonyl (C=O) groups is 1. The number of hydrogen-bond acceptors (Lipinski definition) is 5. The van der Waals surface area contributed by atoms with Gasteiger partial charge in [0.25, 0.3) is 5.91 Å². The normalized spacial score (nSPS) is 9.71. The molecule has 0 atom stereocenters. The largest absolute Gasteiger partial charge is 0.369 e. The molecule has 21 heavy (non-hydrogen) atoms. The molecule has 0 saturated carbocycles. The quantitative estimate of drug-likeness (QED) is 0.878. The van der Waals surface area contributed by atoms with Crippen LogP contribution < -0.4 is 10.6 Å². The molecule has 1 aromatic heterocycles. The second-order valence-electron chi connectivity index (χ2n) is 4.37. The first-order chi connectivity index (χ1) is 10.2. The zero-order valence-corrected chi connectivity index (χ0v) is 11.6. The van der Waals surface area contributed by atoms with Crippen LogP contribution >= 0.6 is 0 Å². The van der Waals surface area contributed by atoms with Crippen LogP contribution in [-0.4, -0.2) is 22.6 Å². The van der Waals surface area contributed by atoms with E-state index in [1.165, 1.54) is 0 Å². The van der Waals surface area contributed by atoms with E-state index in [9.17, 15) is 4.79 Å². The molecule has 0 spiro atoms. The Morgan fingerprint density at radius 3 is 2.52 bits per heavy atom. The number of amides is 1. The van der Waals surface area contributed by atoms with Gasteiger partial charge in [0, 0.05) is 12.2 Å². The van der Waals surface area contributed by atoms with Gasteiger partial charge >= 0.3 is 0 Å². The van der Waals surface area contributed by atoms with Crippen LogP contribution in [0.4, 0.5) is 11.5 Å². The average Bonchev–Trinajstić information content (AvgIpc) is 2.54. The van der Waals surface area contributed by atoms with Crippen molar-refractivity contribution >= 4 is 17.4 Å². The molecule has 2 rings (SSSR count). The number of rotatable bonds is 5. The molecule has 0 aliphatic rings. The van der Waals surface area contributed by atoms with Gasteiger partial charge in [0.15, 0.2) is 5.69 Å². The Labute approximate surface area is 122 Å². The Kier molecular flexibility index (Phi) is 4.83. The Hall–Kier alpha value is -2.94. The third-order valence-electron chi connectivity index (χ3n) is 2.73. The Morgan fingerprint density at radius 2 is 1.95 bits per heavy atom. The van der Waals surface area contributed by atoms with Crippen LogP contribution in [0.25, 0.3) is 0 Å². The van der Waals surface area contributed by atoms with Gasteiger partial charge in [-0.2, -0.15) is 5.26 Å². The molecular weight excluding hydrogens is 266 g/mol. The van der Waals surface area contributed by atoms with Crippen molar-refractivity contribution in [2.24, 2.45) is 0 Å². The van der Waals surface area contributed by atoms with Crippen molar-refractivity contribution in [3.63, 3.8) is 0 Å². The molecule has 0 unspecified atom stereocenters. The van der Waals surface area contributed by atoms with E-state index in [2.05, 4.69) is 27.8 Å². The highest BCUT2D eigenvalue weighted by atomic mass is 16.1. The maximum Gasteiger partial charge on any atom is 0.276 e. The van der Waals surface area contributed by atoms with Gasteiger partial charge in [0.1, 0.15) is 5.82 Å². The van der Waals surface area contributed by atoms with Crippen molar-refractivity contribution < 1.29 is 4.79 Å². The standard InChI is InChI=1S/C15H15N5O/c1-2-9-17-14-8-7-13(19-20-14)15(21)18-12-5-3-11(10-16)4-6-12/h3-8H,2,9H2,1H3,(H,17,20)(H,18,21). The summed E-state index contributed by atoms with van der Waals surface area (Å²) in [6.45, 7) is 2.87. The minimum atomic E-state index is -0.339. The molecule has 0 radical (unpaired) electrons. The van der Waals surface area contributed by atoms with Crippen LogP contribution in [0.15, 0.2) is 36.4 Å². The molecule has 1 heterocycles. The van der Waals surface area contributed by atoms with Crippen LogP contribution in [0.1, 0.15) is 29.4 Å². The van der Waals surface area contributed by atoms with Crippen molar-refractivity contribution in [3.8, 4) is 6.07 Å². The third kappa shape index (κ3) is 4.01. The monoisotopic (exact) mass is 281 g/mol. The van der Waals surface area contributed by atoms with Gasteiger partial charge in [-0.25, -0.2) is 0 Å². The summed E-state index contributed by atoms with van der Waals surface area (Å²) in [5.74, 6) is 0.307. The molecule has 2 N–H and O–H groups in total. The predicted molar refractivity (Wildman–Crippen MR) is 79.9 cm³/mol. The van der Waals surface area contributed by atoms with Crippen LogP contribution in [0.2, 0.25) is 0 Å². The zero-order valence-electron chi connectivity index (χ0n) is 11.6. The minimum absolute atomic E-state index is 0.237. The first-order valence-electron chi connectivity index (χ1n) is 6.62. The van der Waals surface area contributed by atoms with E-state index < -0.39 is 0 Å². The lowest BCUT2D eigenvalue weighted by molar-refractivity contribution is 0.102. The summed E-state index contributed by atoms with van der Waals surface area (Å²) in [4.78, 5) is 12.0. The van der Waals surface area contributed by atoms with Crippen LogP contribution in [-0.2, 0) is 0 Å². The number of nitrogens with one attached hydrogen (secondary N) is 2. The fraction of sp³-hybridized carbons (Fsp3) is 0.200. The Bertz CT molecular complexity index is 643. The van der Waals surface area contributed by atoms with Crippen molar-refractivity contribution in [2.75, 3.05) is 17.2 Å². The number of nitrogens with zero attached hydrogens (tertiary/aromatic N) is 3. The molecule has 0 saturated heterocycles. The van der Waals surface area contributed by atoms with E-state index in [1.54, 1.807) is 36.4 Å². The molecule has 0 bridgehead atoms. The summed E-state index contributed by atoms with van der Waals surface area (Å²) in [6.07, 6.45) is 0.989.